The van der Waals surface area contributed by atoms with E-state index in [-0.39, 0.29) is 0 Å². The summed E-state index contributed by atoms with van der Waals surface area (Å²) in [6.07, 6.45) is 24.5. The lowest BCUT2D eigenvalue weighted by Crippen LogP contribution is -2.26. The van der Waals surface area contributed by atoms with Crippen LogP contribution in [0.15, 0.2) is 0 Å². The van der Waals surface area contributed by atoms with Crippen molar-refractivity contribution in [2.45, 2.75) is 130 Å². The first kappa shape index (κ1) is 24.0. The Bertz CT molecular complexity index is 208. The molecule has 146 valence electrons. The Morgan fingerprint density at radius 1 is 0.333 bits per heavy atom. The molecule has 0 unspecified atom stereocenters. The van der Waals surface area contributed by atoms with Crippen LogP contribution < -0.4 is 0 Å². The molecule has 0 aromatic carbocycles. The summed E-state index contributed by atoms with van der Waals surface area (Å²) < 4.78 is 0. The molecule has 1 heteroatoms. The van der Waals surface area contributed by atoms with Crippen LogP contribution in [0.3, 0.4) is 0 Å². The highest BCUT2D eigenvalue weighted by Crippen LogP contribution is 2.13. The number of rotatable bonds is 20. The molecule has 0 aliphatic rings. The zero-order valence-electron chi connectivity index (χ0n) is 17.6. The maximum Gasteiger partial charge on any atom is -0.00187 e. The molecule has 0 amide bonds. The van der Waals surface area contributed by atoms with Gasteiger partial charge in [0.1, 0.15) is 0 Å². The summed E-state index contributed by atoms with van der Waals surface area (Å²) in [5, 5.41) is 0. The molecule has 0 aliphatic heterocycles. The predicted molar refractivity (Wildman–Crippen MR) is 112 cm³/mol. The van der Waals surface area contributed by atoms with Crippen molar-refractivity contribution in [3.8, 4) is 0 Å². The fourth-order valence-corrected chi connectivity index (χ4v) is 3.67. The molecule has 0 saturated carbocycles. The van der Waals surface area contributed by atoms with Crippen LogP contribution >= 0.6 is 0 Å². The monoisotopic (exact) mass is 339 g/mol. The van der Waals surface area contributed by atoms with Gasteiger partial charge < -0.3 is 4.90 Å². The van der Waals surface area contributed by atoms with Crippen LogP contribution in [0, 0.1) is 0 Å². The van der Waals surface area contributed by atoms with Crippen molar-refractivity contribution >= 4 is 0 Å². The van der Waals surface area contributed by atoms with E-state index < -0.39 is 0 Å². The maximum absolute atomic E-state index is 2.66. The smallest absolute Gasteiger partial charge is 0.00187 e. The van der Waals surface area contributed by atoms with Gasteiger partial charge in [0, 0.05) is 0 Å². The minimum absolute atomic E-state index is 1.30. The highest BCUT2D eigenvalue weighted by Gasteiger charge is 2.01. The second-order valence-electron chi connectivity index (χ2n) is 7.79. The lowest BCUT2D eigenvalue weighted by Gasteiger charge is -2.20. The second kappa shape index (κ2) is 21.0. The largest absolute Gasteiger partial charge is 0.303 e. The van der Waals surface area contributed by atoms with Crippen LogP contribution in [0.4, 0.5) is 0 Å². The molecule has 0 radical (unpaired) electrons. The van der Waals surface area contributed by atoms with E-state index in [1.807, 2.05) is 0 Å². The molecule has 0 bridgehead atoms. The van der Waals surface area contributed by atoms with Crippen LogP contribution in [0.25, 0.3) is 0 Å². The Hall–Kier alpha value is -0.0400. The Morgan fingerprint density at radius 2 is 0.667 bits per heavy atom. The highest BCUT2D eigenvalue weighted by atomic mass is 15.1. The molecule has 0 aromatic heterocycles. The first-order chi connectivity index (χ1) is 11.8. The average molecular weight is 340 g/mol. The zero-order chi connectivity index (χ0) is 17.7. The minimum atomic E-state index is 1.30. The van der Waals surface area contributed by atoms with Gasteiger partial charge in [-0.05, 0) is 38.9 Å². The Kier molecular flexibility index (Phi) is 21.0. The fraction of sp³-hybridized carbons (Fsp3) is 1.00. The topological polar surface area (TPSA) is 3.24 Å². The van der Waals surface area contributed by atoms with Gasteiger partial charge in [-0.2, -0.15) is 0 Å². The second-order valence-corrected chi connectivity index (χ2v) is 7.79. The molecule has 0 aromatic rings. The first-order valence-electron chi connectivity index (χ1n) is 11.6. The van der Waals surface area contributed by atoms with Crippen LogP contribution in [0.5, 0.6) is 0 Å². The van der Waals surface area contributed by atoms with Crippen molar-refractivity contribution in [3.63, 3.8) is 0 Å². The first-order valence-corrected chi connectivity index (χ1v) is 11.6. The van der Waals surface area contributed by atoms with Crippen molar-refractivity contribution in [2.75, 3.05) is 19.6 Å². The highest BCUT2D eigenvalue weighted by molar-refractivity contribution is 4.57. The lowest BCUT2D eigenvalue weighted by molar-refractivity contribution is 0.267. The number of nitrogens with zero attached hydrogens (tertiary/aromatic N) is 1. The van der Waals surface area contributed by atoms with E-state index >= 15 is 0 Å². The Balaban J connectivity index is 3.14. The zero-order valence-corrected chi connectivity index (χ0v) is 17.6. The summed E-state index contributed by atoms with van der Waals surface area (Å²) in [6, 6.07) is 0. The molecule has 0 N–H and O–H groups in total. The molecule has 0 atom stereocenters. The van der Waals surface area contributed by atoms with Gasteiger partial charge in [0.15, 0.2) is 0 Å². The molecule has 1 nitrogen and oxygen atoms in total. The molecular formula is C23H49N. The van der Waals surface area contributed by atoms with E-state index in [0.717, 1.165) is 0 Å². The summed E-state index contributed by atoms with van der Waals surface area (Å²) in [5.41, 5.74) is 0. The average Bonchev–Trinajstić information content (AvgIpc) is 2.58. The van der Waals surface area contributed by atoms with Crippen molar-refractivity contribution in [3.05, 3.63) is 0 Å². The molecule has 0 saturated heterocycles. The molecule has 0 spiro atoms. The number of hydrogen-bond acceptors (Lipinski definition) is 1. The Labute approximate surface area is 155 Å². The Morgan fingerprint density at radius 3 is 1.00 bits per heavy atom. The summed E-state index contributed by atoms with van der Waals surface area (Å²) >= 11 is 0. The molecule has 0 heterocycles. The number of unbranched alkanes of at least 4 members (excludes halogenated alkanes) is 14. The molecule has 24 heavy (non-hydrogen) atoms. The standard InChI is InChI=1S/C23H49N/c1-4-7-8-9-10-11-12-13-14-15-16-17-18-19-20-23-24(21-5-2)22-6-3/h4-23H2,1-3H3. The van der Waals surface area contributed by atoms with Crippen LogP contribution in [-0.2, 0) is 0 Å². The van der Waals surface area contributed by atoms with Gasteiger partial charge in [-0.25, -0.2) is 0 Å². The summed E-state index contributed by atoms with van der Waals surface area (Å²) in [4.78, 5) is 2.66. The maximum atomic E-state index is 2.66. The van der Waals surface area contributed by atoms with E-state index in [9.17, 15) is 0 Å². The summed E-state index contributed by atoms with van der Waals surface area (Å²) in [6.45, 7) is 10.8. The third-order valence-corrected chi connectivity index (χ3v) is 5.16. The van der Waals surface area contributed by atoms with E-state index in [0.29, 0.717) is 0 Å². The van der Waals surface area contributed by atoms with Crippen LogP contribution in [-0.4, -0.2) is 24.5 Å². The summed E-state index contributed by atoms with van der Waals surface area (Å²) in [5.74, 6) is 0. The van der Waals surface area contributed by atoms with Gasteiger partial charge in [-0.1, -0.05) is 111 Å². The SMILES string of the molecule is CCCCCCCCCCCCCCCCCN(CCC)CCC. The third-order valence-electron chi connectivity index (χ3n) is 5.16. The van der Waals surface area contributed by atoms with E-state index in [2.05, 4.69) is 25.7 Å². The van der Waals surface area contributed by atoms with Gasteiger partial charge >= 0.3 is 0 Å². The number of hydrogen-bond donors (Lipinski definition) is 0. The third kappa shape index (κ3) is 18.3. The van der Waals surface area contributed by atoms with Gasteiger partial charge in [0.05, 0.1) is 0 Å². The van der Waals surface area contributed by atoms with Gasteiger partial charge in [0.2, 0.25) is 0 Å². The molecule has 0 rings (SSSR count). The van der Waals surface area contributed by atoms with Crippen LogP contribution in [0.1, 0.15) is 130 Å². The fourth-order valence-electron chi connectivity index (χ4n) is 3.67. The predicted octanol–water partition coefficient (Wildman–Crippen LogP) is 7.98. The van der Waals surface area contributed by atoms with Crippen molar-refractivity contribution in [2.24, 2.45) is 0 Å². The normalized spacial score (nSPS) is 11.5. The van der Waals surface area contributed by atoms with Crippen molar-refractivity contribution in [1.82, 2.24) is 4.90 Å². The minimum Gasteiger partial charge on any atom is -0.303 e. The van der Waals surface area contributed by atoms with Crippen LogP contribution in [0.2, 0.25) is 0 Å². The van der Waals surface area contributed by atoms with Gasteiger partial charge in [-0.15, -0.1) is 0 Å². The van der Waals surface area contributed by atoms with Crippen molar-refractivity contribution < 1.29 is 0 Å². The van der Waals surface area contributed by atoms with Gasteiger partial charge in [0.25, 0.3) is 0 Å². The molecular weight excluding hydrogens is 290 g/mol. The van der Waals surface area contributed by atoms with E-state index in [1.165, 1.54) is 129 Å². The molecule has 0 fully saturated rings. The van der Waals surface area contributed by atoms with Crippen molar-refractivity contribution in [1.29, 1.82) is 0 Å². The quantitative estimate of drug-likeness (QED) is 0.203. The van der Waals surface area contributed by atoms with E-state index in [4.69, 9.17) is 0 Å². The summed E-state index contributed by atoms with van der Waals surface area (Å²) in [7, 11) is 0. The van der Waals surface area contributed by atoms with Gasteiger partial charge in [-0.3, -0.25) is 0 Å². The van der Waals surface area contributed by atoms with E-state index in [1.54, 1.807) is 0 Å². The molecule has 0 aliphatic carbocycles. The lowest BCUT2D eigenvalue weighted by atomic mass is 10.0.